The average molecular weight is 359 g/mol. The molecule has 134 valence electrons. The molecule has 1 aliphatic heterocycles. The lowest BCUT2D eigenvalue weighted by Crippen LogP contribution is -2.18. The maximum absolute atomic E-state index is 12.3. The fourth-order valence-electron chi connectivity index (χ4n) is 3.00. The zero-order valence-electron chi connectivity index (χ0n) is 14.5. The molecule has 2 aromatic heterocycles. The lowest BCUT2D eigenvalue weighted by atomic mass is 10.1. The minimum Gasteiger partial charge on any atom is -0.369 e. The van der Waals surface area contributed by atoms with Crippen LogP contribution in [-0.4, -0.2) is 38.7 Å². The van der Waals surface area contributed by atoms with Crippen LogP contribution in [0.15, 0.2) is 49.1 Å². The quantitative estimate of drug-likeness (QED) is 0.768. The van der Waals surface area contributed by atoms with E-state index in [9.17, 15) is 4.79 Å². The molecule has 1 N–H and O–H groups in total. The van der Waals surface area contributed by atoms with E-state index in [-0.39, 0.29) is 5.91 Å². The number of hydrogen-bond donors (Lipinski definition) is 1. The number of nitriles is 1. The second-order valence-corrected chi connectivity index (χ2v) is 6.26. The van der Waals surface area contributed by atoms with Crippen LogP contribution in [-0.2, 0) is 0 Å². The molecule has 4 rings (SSSR count). The molecule has 1 fully saturated rings. The lowest BCUT2D eigenvalue weighted by Gasteiger charge is -2.16. The summed E-state index contributed by atoms with van der Waals surface area (Å²) in [7, 11) is 0. The molecule has 3 heterocycles. The van der Waals surface area contributed by atoms with Gasteiger partial charge < -0.3 is 10.2 Å². The Kier molecular flexibility index (Phi) is 4.49. The van der Waals surface area contributed by atoms with Crippen LogP contribution < -0.4 is 10.2 Å². The number of anilines is 2. The molecule has 0 atom stereocenters. The van der Waals surface area contributed by atoms with Gasteiger partial charge in [0.25, 0.3) is 11.9 Å². The summed E-state index contributed by atoms with van der Waals surface area (Å²) in [5, 5.41) is 15.9. The number of carbonyl (C=O) groups excluding carboxylic acids is 1. The van der Waals surface area contributed by atoms with Gasteiger partial charge in [0.1, 0.15) is 0 Å². The highest BCUT2D eigenvalue weighted by Gasteiger charge is 2.14. The maximum Gasteiger partial charge on any atom is 0.255 e. The van der Waals surface area contributed by atoms with Crippen molar-refractivity contribution in [2.75, 3.05) is 23.3 Å². The molecule has 1 saturated heterocycles. The van der Waals surface area contributed by atoms with Crippen molar-refractivity contribution in [3.8, 4) is 12.0 Å². The number of nitrogens with one attached hydrogen (secondary N) is 1. The van der Waals surface area contributed by atoms with Gasteiger partial charge in [-0.3, -0.25) is 4.79 Å². The molecule has 1 amide bonds. The third-order valence-corrected chi connectivity index (χ3v) is 4.40. The predicted molar refractivity (Wildman–Crippen MR) is 99.7 cm³/mol. The van der Waals surface area contributed by atoms with Crippen LogP contribution in [0.3, 0.4) is 0 Å². The number of amides is 1. The Bertz CT molecular complexity index is 997. The third kappa shape index (κ3) is 3.62. The van der Waals surface area contributed by atoms with Gasteiger partial charge in [-0.1, -0.05) is 6.07 Å². The van der Waals surface area contributed by atoms with E-state index in [2.05, 4.69) is 25.3 Å². The largest absolute Gasteiger partial charge is 0.369 e. The first-order valence-electron chi connectivity index (χ1n) is 8.66. The minimum atomic E-state index is -0.308. The SMILES string of the molecule is N#Cc1cccc(C(=O)Nc2cnn(-c3ncc(N4CCCC4)cn3)c2)c1. The summed E-state index contributed by atoms with van der Waals surface area (Å²) in [6.07, 6.45) is 9.16. The van der Waals surface area contributed by atoms with Crippen LogP contribution in [0.2, 0.25) is 0 Å². The van der Waals surface area contributed by atoms with Crippen LogP contribution in [0.1, 0.15) is 28.8 Å². The summed E-state index contributed by atoms with van der Waals surface area (Å²) in [5.74, 6) is 0.127. The van der Waals surface area contributed by atoms with Crippen molar-refractivity contribution in [3.63, 3.8) is 0 Å². The van der Waals surface area contributed by atoms with Gasteiger partial charge in [-0.2, -0.15) is 10.4 Å². The van der Waals surface area contributed by atoms with Crippen molar-refractivity contribution in [1.82, 2.24) is 19.7 Å². The Morgan fingerprint density at radius 1 is 1.15 bits per heavy atom. The second-order valence-electron chi connectivity index (χ2n) is 6.26. The molecule has 0 aliphatic carbocycles. The third-order valence-electron chi connectivity index (χ3n) is 4.40. The fourth-order valence-corrected chi connectivity index (χ4v) is 3.00. The highest BCUT2D eigenvalue weighted by molar-refractivity contribution is 6.04. The van der Waals surface area contributed by atoms with E-state index in [0.29, 0.717) is 22.8 Å². The molecule has 3 aromatic rings. The normalized spacial score (nSPS) is 13.4. The zero-order chi connectivity index (χ0) is 18.6. The van der Waals surface area contributed by atoms with Gasteiger partial charge in [-0.25, -0.2) is 14.6 Å². The van der Waals surface area contributed by atoms with Crippen LogP contribution in [0.25, 0.3) is 5.95 Å². The molecule has 0 spiro atoms. The number of aromatic nitrogens is 4. The van der Waals surface area contributed by atoms with Crippen LogP contribution in [0.4, 0.5) is 11.4 Å². The first-order chi connectivity index (χ1) is 13.2. The van der Waals surface area contributed by atoms with Gasteiger partial charge in [0.05, 0.1) is 47.8 Å². The van der Waals surface area contributed by atoms with Gasteiger partial charge >= 0.3 is 0 Å². The van der Waals surface area contributed by atoms with Crippen molar-refractivity contribution < 1.29 is 4.79 Å². The van der Waals surface area contributed by atoms with E-state index < -0.39 is 0 Å². The lowest BCUT2D eigenvalue weighted by molar-refractivity contribution is 0.102. The summed E-state index contributed by atoms with van der Waals surface area (Å²) >= 11 is 0. The first-order valence-corrected chi connectivity index (χ1v) is 8.66. The Hall–Kier alpha value is -3.73. The Labute approximate surface area is 156 Å². The van der Waals surface area contributed by atoms with Gasteiger partial charge in [-0.05, 0) is 31.0 Å². The standard InChI is InChI=1S/C19H17N7O/c20-9-14-4-3-5-15(8-14)18(27)24-16-10-23-26(13-16)19-21-11-17(12-22-19)25-6-1-2-7-25/h3-5,8,10-13H,1-2,6-7H2,(H,24,27). The van der Waals surface area contributed by atoms with Gasteiger partial charge in [0.2, 0.25) is 0 Å². The predicted octanol–water partition coefficient (Wildman–Crippen LogP) is 2.39. The van der Waals surface area contributed by atoms with Gasteiger partial charge in [0, 0.05) is 18.7 Å². The van der Waals surface area contributed by atoms with Crippen molar-refractivity contribution in [2.45, 2.75) is 12.8 Å². The van der Waals surface area contributed by atoms with Crippen LogP contribution >= 0.6 is 0 Å². The number of carbonyl (C=O) groups is 1. The molecule has 27 heavy (non-hydrogen) atoms. The number of rotatable bonds is 4. The summed E-state index contributed by atoms with van der Waals surface area (Å²) in [6, 6.07) is 8.54. The van der Waals surface area contributed by atoms with Crippen molar-refractivity contribution in [2.24, 2.45) is 0 Å². The monoisotopic (exact) mass is 359 g/mol. The molecular formula is C19H17N7O. The molecule has 0 bridgehead atoms. The second kappa shape index (κ2) is 7.25. The highest BCUT2D eigenvalue weighted by atomic mass is 16.1. The molecule has 1 aromatic carbocycles. The van der Waals surface area contributed by atoms with E-state index >= 15 is 0 Å². The van der Waals surface area contributed by atoms with E-state index in [1.54, 1.807) is 42.9 Å². The summed E-state index contributed by atoms with van der Waals surface area (Å²) in [6.45, 7) is 2.07. The molecule has 1 aliphatic rings. The Balaban J connectivity index is 1.46. The molecular weight excluding hydrogens is 342 g/mol. The highest BCUT2D eigenvalue weighted by Crippen LogP contribution is 2.19. The zero-order valence-corrected chi connectivity index (χ0v) is 14.5. The van der Waals surface area contributed by atoms with Crippen LogP contribution in [0.5, 0.6) is 0 Å². The summed E-state index contributed by atoms with van der Waals surface area (Å²) in [5.41, 5.74) is 2.38. The van der Waals surface area contributed by atoms with E-state index in [4.69, 9.17) is 5.26 Å². The molecule has 8 heteroatoms. The fraction of sp³-hybridized carbons (Fsp3) is 0.211. The molecule has 0 unspecified atom stereocenters. The van der Waals surface area contributed by atoms with Gasteiger partial charge in [0.15, 0.2) is 0 Å². The Morgan fingerprint density at radius 2 is 1.93 bits per heavy atom. The molecule has 8 nitrogen and oxygen atoms in total. The topological polar surface area (TPSA) is 99.7 Å². The van der Waals surface area contributed by atoms with E-state index in [1.807, 2.05) is 6.07 Å². The van der Waals surface area contributed by atoms with Crippen molar-refractivity contribution in [3.05, 3.63) is 60.2 Å². The average Bonchev–Trinajstić information content (AvgIpc) is 3.40. The van der Waals surface area contributed by atoms with E-state index in [1.165, 1.54) is 23.7 Å². The number of nitrogens with zero attached hydrogens (tertiary/aromatic N) is 6. The summed E-state index contributed by atoms with van der Waals surface area (Å²) in [4.78, 5) is 23.3. The first kappa shape index (κ1) is 16.7. The maximum atomic E-state index is 12.3. The smallest absolute Gasteiger partial charge is 0.255 e. The van der Waals surface area contributed by atoms with Crippen LogP contribution in [0, 0.1) is 11.3 Å². The molecule has 0 saturated carbocycles. The summed E-state index contributed by atoms with van der Waals surface area (Å²) < 4.78 is 1.51. The number of benzene rings is 1. The number of hydrogen-bond acceptors (Lipinski definition) is 6. The van der Waals surface area contributed by atoms with Gasteiger partial charge in [-0.15, -0.1) is 0 Å². The Morgan fingerprint density at radius 3 is 2.67 bits per heavy atom. The molecule has 0 radical (unpaired) electrons. The van der Waals surface area contributed by atoms with Crippen molar-refractivity contribution >= 4 is 17.3 Å². The van der Waals surface area contributed by atoms with E-state index in [0.717, 1.165) is 18.8 Å². The minimum absolute atomic E-state index is 0.308. The van der Waals surface area contributed by atoms with Crippen molar-refractivity contribution in [1.29, 1.82) is 5.26 Å².